The van der Waals surface area contributed by atoms with Crippen molar-refractivity contribution in [3.05, 3.63) is 47.7 Å². The van der Waals surface area contributed by atoms with Crippen LogP contribution in [0.5, 0.6) is 0 Å². The third kappa shape index (κ3) is 5.96. The van der Waals surface area contributed by atoms with Crippen LogP contribution in [0.4, 0.5) is 17.6 Å². The zero-order chi connectivity index (χ0) is 21.0. The molecule has 0 saturated heterocycles. The maximum atomic E-state index is 13.1. The van der Waals surface area contributed by atoms with Gasteiger partial charge in [0, 0.05) is 42.9 Å². The first-order valence-corrected chi connectivity index (χ1v) is 9.35. The number of halogens is 4. The Bertz CT molecular complexity index is 852. The molecule has 5 nitrogen and oxygen atoms in total. The number of hydrogen-bond donors (Lipinski definition) is 1. The zero-order valence-electron chi connectivity index (χ0n) is 15.6. The van der Waals surface area contributed by atoms with E-state index < -0.39 is 12.1 Å². The summed E-state index contributed by atoms with van der Waals surface area (Å²) in [5.74, 6) is -2.05. The molecule has 0 atom stereocenters. The van der Waals surface area contributed by atoms with Crippen molar-refractivity contribution in [2.75, 3.05) is 19.6 Å². The smallest absolute Gasteiger partial charge is 0.475 e. The van der Waals surface area contributed by atoms with Gasteiger partial charge in [0.15, 0.2) is 0 Å². The van der Waals surface area contributed by atoms with Crippen molar-refractivity contribution in [3.8, 4) is 11.3 Å². The molecule has 2 heterocycles. The summed E-state index contributed by atoms with van der Waals surface area (Å²) in [4.78, 5) is 20.4. The van der Waals surface area contributed by atoms with E-state index >= 15 is 0 Å². The number of aromatic nitrogens is 2. The maximum Gasteiger partial charge on any atom is 0.490 e. The van der Waals surface area contributed by atoms with Crippen LogP contribution in [0.3, 0.4) is 0 Å². The van der Waals surface area contributed by atoms with Gasteiger partial charge in [-0.2, -0.15) is 13.2 Å². The van der Waals surface area contributed by atoms with Crippen molar-refractivity contribution in [1.29, 1.82) is 0 Å². The summed E-state index contributed by atoms with van der Waals surface area (Å²) in [5.41, 5.74) is 4.36. The number of carboxylic acid groups (broad SMARTS) is 1. The van der Waals surface area contributed by atoms with Crippen LogP contribution in [-0.2, 0) is 17.6 Å². The second kappa shape index (κ2) is 8.86. The van der Waals surface area contributed by atoms with Gasteiger partial charge in [0.2, 0.25) is 0 Å². The fraction of sp³-hybridized carbons (Fsp3) is 0.450. The normalized spacial score (nSPS) is 17.0. The van der Waals surface area contributed by atoms with Gasteiger partial charge in [-0.3, -0.25) is 0 Å². The van der Waals surface area contributed by atoms with E-state index in [0.29, 0.717) is 0 Å². The molecule has 1 fully saturated rings. The lowest BCUT2D eigenvalue weighted by Gasteiger charge is -2.18. The van der Waals surface area contributed by atoms with Crippen molar-refractivity contribution in [2.45, 2.75) is 31.9 Å². The van der Waals surface area contributed by atoms with Crippen LogP contribution < -0.4 is 0 Å². The van der Waals surface area contributed by atoms with Crippen LogP contribution in [0.15, 0.2) is 30.6 Å². The summed E-state index contributed by atoms with van der Waals surface area (Å²) in [7, 11) is 0. The number of fused-ring (bicyclic) bond motifs is 1. The molecule has 156 valence electrons. The molecule has 29 heavy (non-hydrogen) atoms. The monoisotopic (exact) mass is 411 g/mol. The summed E-state index contributed by atoms with van der Waals surface area (Å²) < 4.78 is 44.9. The van der Waals surface area contributed by atoms with E-state index in [0.717, 1.165) is 48.8 Å². The molecule has 0 spiro atoms. The topological polar surface area (TPSA) is 66.3 Å². The van der Waals surface area contributed by atoms with Crippen molar-refractivity contribution in [1.82, 2.24) is 14.9 Å². The molecule has 1 saturated carbocycles. The number of carboxylic acids is 1. The minimum absolute atomic E-state index is 0.209. The number of benzene rings is 1. The Morgan fingerprint density at radius 2 is 1.72 bits per heavy atom. The van der Waals surface area contributed by atoms with Gasteiger partial charge < -0.3 is 10.0 Å². The summed E-state index contributed by atoms with van der Waals surface area (Å²) in [5, 5.41) is 7.12. The highest BCUT2D eigenvalue weighted by molar-refractivity contribution is 5.73. The summed E-state index contributed by atoms with van der Waals surface area (Å²) in [6.07, 6.45) is 1.32. The quantitative estimate of drug-likeness (QED) is 0.780. The number of rotatable bonds is 3. The Morgan fingerprint density at radius 3 is 2.31 bits per heavy atom. The molecule has 0 unspecified atom stereocenters. The van der Waals surface area contributed by atoms with E-state index in [-0.39, 0.29) is 5.82 Å². The van der Waals surface area contributed by atoms with Crippen LogP contribution in [0.25, 0.3) is 11.3 Å². The number of hydrogen-bond acceptors (Lipinski definition) is 4. The van der Waals surface area contributed by atoms with Gasteiger partial charge in [-0.25, -0.2) is 19.2 Å². The molecular weight excluding hydrogens is 390 g/mol. The Morgan fingerprint density at radius 1 is 1.10 bits per heavy atom. The van der Waals surface area contributed by atoms with Gasteiger partial charge in [-0.05, 0) is 49.4 Å². The molecular formula is C20H21F4N3O2. The molecule has 1 aliphatic carbocycles. The lowest BCUT2D eigenvalue weighted by atomic mass is 10.0. The lowest BCUT2D eigenvalue weighted by molar-refractivity contribution is -0.192. The highest BCUT2D eigenvalue weighted by atomic mass is 19.4. The molecule has 4 rings (SSSR count). The van der Waals surface area contributed by atoms with Crippen molar-refractivity contribution in [2.24, 2.45) is 5.92 Å². The summed E-state index contributed by atoms with van der Waals surface area (Å²) in [6.45, 7) is 3.39. The Balaban J connectivity index is 0.000000298. The lowest BCUT2D eigenvalue weighted by Crippen LogP contribution is -2.28. The predicted molar refractivity (Wildman–Crippen MR) is 97.7 cm³/mol. The number of aliphatic carboxylic acids is 1. The summed E-state index contributed by atoms with van der Waals surface area (Å²) >= 11 is 0. The van der Waals surface area contributed by atoms with Crippen LogP contribution in [0.2, 0.25) is 0 Å². The molecule has 0 radical (unpaired) electrons. The van der Waals surface area contributed by atoms with Gasteiger partial charge >= 0.3 is 12.1 Å². The molecule has 2 aliphatic rings. The van der Waals surface area contributed by atoms with Crippen molar-refractivity contribution in [3.63, 3.8) is 0 Å². The second-order valence-corrected chi connectivity index (χ2v) is 7.20. The fourth-order valence-corrected chi connectivity index (χ4v) is 3.28. The minimum Gasteiger partial charge on any atom is -0.475 e. The van der Waals surface area contributed by atoms with E-state index in [4.69, 9.17) is 9.90 Å². The maximum absolute atomic E-state index is 13.1. The average molecular weight is 411 g/mol. The highest BCUT2D eigenvalue weighted by Crippen LogP contribution is 2.31. The van der Waals surface area contributed by atoms with Gasteiger partial charge in [0.1, 0.15) is 12.1 Å². The van der Waals surface area contributed by atoms with E-state index in [1.807, 2.05) is 12.1 Å². The standard InChI is InChI=1S/C18H20FN3.C2HF3O2/c19-15-5-3-14(4-6-15)18-16-7-9-22(11-13-1-2-13)10-8-17(16)20-12-21-18;3-2(4,5)1(6)7/h3-6,12-13H,1-2,7-11H2;(H,6,7). The molecule has 1 aromatic carbocycles. The predicted octanol–water partition coefficient (Wildman–Crippen LogP) is 3.73. The third-order valence-electron chi connectivity index (χ3n) is 4.95. The molecule has 9 heteroatoms. The van der Waals surface area contributed by atoms with Gasteiger partial charge in [-0.1, -0.05) is 0 Å². The highest BCUT2D eigenvalue weighted by Gasteiger charge is 2.38. The first-order valence-electron chi connectivity index (χ1n) is 9.35. The molecule has 0 bridgehead atoms. The fourth-order valence-electron chi connectivity index (χ4n) is 3.28. The first-order chi connectivity index (χ1) is 13.7. The number of carbonyl (C=O) groups is 1. The van der Waals surface area contributed by atoms with Crippen LogP contribution in [0.1, 0.15) is 24.1 Å². The first kappa shape index (κ1) is 21.2. The second-order valence-electron chi connectivity index (χ2n) is 7.20. The Hall–Kier alpha value is -2.55. The largest absolute Gasteiger partial charge is 0.490 e. The summed E-state index contributed by atoms with van der Waals surface area (Å²) in [6, 6.07) is 6.62. The van der Waals surface area contributed by atoms with Crippen LogP contribution in [0, 0.1) is 11.7 Å². The molecule has 1 aliphatic heterocycles. The van der Waals surface area contributed by atoms with Crippen LogP contribution >= 0.6 is 0 Å². The van der Waals surface area contributed by atoms with Gasteiger partial charge in [0.05, 0.1) is 5.69 Å². The van der Waals surface area contributed by atoms with Crippen molar-refractivity contribution >= 4 is 5.97 Å². The number of alkyl halides is 3. The zero-order valence-corrected chi connectivity index (χ0v) is 15.6. The van der Waals surface area contributed by atoms with Crippen LogP contribution in [-0.4, -0.2) is 51.8 Å². The van der Waals surface area contributed by atoms with Gasteiger partial charge in [-0.15, -0.1) is 0 Å². The molecule has 0 amide bonds. The van der Waals surface area contributed by atoms with E-state index in [1.54, 1.807) is 6.33 Å². The van der Waals surface area contributed by atoms with E-state index in [2.05, 4.69) is 14.9 Å². The molecule has 2 aromatic rings. The van der Waals surface area contributed by atoms with Crippen molar-refractivity contribution < 1.29 is 27.5 Å². The number of nitrogens with zero attached hydrogens (tertiary/aromatic N) is 3. The van der Waals surface area contributed by atoms with Gasteiger partial charge in [0.25, 0.3) is 0 Å². The molecule has 1 N–H and O–H groups in total. The average Bonchev–Trinajstić information content (AvgIpc) is 3.50. The third-order valence-corrected chi connectivity index (χ3v) is 4.95. The Labute approximate surface area is 165 Å². The minimum atomic E-state index is -5.08. The van der Waals surface area contributed by atoms with E-state index in [1.165, 1.54) is 37.1 Å². The Kier molecular flexibility index (Phi) is 6.46. The van der Waals surface area contributed by atoms with E-state index in [9.17, 15) is 17.6 Å². The molecule has 1 aromatic heterocycles. The SMILES string of the molecule is Fc1ccc(-c2ncnc3c2CCN(CC2CC2)CC3)cc1.O=C(O)C(F)(F)F.